The van der Waals surface area contributed by atoms with Crippen LogP contribution in [0, 0.1) is 19.8 Å². The fourth-order valence-electron chi connectivity index (χ4n) is 4.09. The number of aryl methyl sites for hydroxylation is 1. The zero-order chi connectivity index (χ0) is 17.3. The third-order valence-electron chi connectivity index (χ3n) is 5.62. The number of nitrogens with zero attached hydrogens (tertiary/aromatic N) is 1. The predicted octanol–water partition coefficient (Wildman–Crippen LogP) is 3.18. The number of rotatable bonds is 3. The molecule has 24 heavy (non-hydrogen) atoms. The van der Waals surface area contributed by atoms with Crippen molar-refractivity contribution in [2.75, 3.05) is 18.1 Å². The summed E-state index contributed by atoms with van der Waals surface area (Å²) in [6.45, 7) is 5.03. The predicted molar refractivity (Wildman–Crippen MR) is 95.6 cm³/mol. The van der Waals surface area contributed by atoms with Crippen LogP contribution >= 0.6 is 0 Å². The Hall–Kier alpha value is -1.36. The van der Waals surface area contributed by atoms with E-state index in [1.54, 1.807) is 0 Å². The molecule has 0 saturated carbocycles. The molecule has 0 aromatic heterocycles. The Labute approximate surface area is 145 Å². The van der Waals surface area contributed by atoms with E-state index in [4.69, 9.17) is 0 Å². The van der Waals surface area contributed by atoms with Crippen LogP contribution in [0.15, 0.2) is 18.2 Å². The van der Waals surface area contributed by atoms with E-state index < -0.39 is 9.84 Å². The molecule has 2 aliphatic rings. The van der Waals surface area contributed by atoms with E-state index >= 15 is 0 Å². The summed E-state index contributed by atoms with van der Waals surface area (Å²) in [6, 6.07) is 6.46. The average Bonchev–Trinajstić information content (AvgIpc) is 2.89. The number of hydrogen-bond donors (Lipinski definition) is 0. The second-order valence-corrected chi connectivity index (χ2v) is 9.59. The lowest BCUT2D eigenvalue weighted by atomic mass is 9.89. The van der Waals surface area contributed by atoms with E-state index in [9.17, 15) is 13.2 Å². The average molecular weight is 349 g/mol. The third-order valence-corrected chi connectivity index (χ3v) is 7.46. The SMILES string of the molecule is Cc1cccc([C@@H]2CCCCN2C(=O)C[C@H]2CCS(=O)(=O)C2)c1C. The van der Waals surface area contributed by atoms with Crippen molar-refractivity contribution in [3.63, 3.8) is 0 Å². The minimum atomic E-state index is -2.92. The van der Waals surface area contributed by atoms with E-state index in [0.29, 0.717) is 12.8 Å². The van der Waals surface area contributed by atoms with Gasteiger partial charge in [0.25, 0.3) is 0 Å². The molecule has 0 bridgehead atoms. The number of carbonyl (C=O) groups excluding carboxylic acids is 1. The normalized spacial score (nSPS) is 26.5. The van der Waals surface area contributed by atoms with Gasteiger partial charge in [-0.15, -0.1) is 0 Å². The molecule has 1 amide bonds. The monoisotopic (exact) mass is 349 g/mol. The molecule has 4 nitrogen and oxygen atoms in total. The maximum atomic E-state index is 12.9. The van der Waals surface area contributed by atoms with E-state index in [2.05, 4.69) is 32.0 Å². The van der Waals surface area contributed by atoms with Crippen molar-refractivity contribution in [1.29, 1.82) is 0 Å². The smallest absolute Gasteiger partial charge is 0.223 e. The topological polar surface area (TPSA) is 54.5 Å². The zero-order valence-electron chi connectivity index (χ0n) is 14.6. The molecule has 1 aromatic rings. The lowest BCUT2D eigenvalue weighted by molar-refractivity contribution is -0.135. The molecule has 0 unspecified atom stereocenters. The molecule has 132 valence electrons. The maximum Gasteiger partial charge on any atom is 0.223 e. The summed E-state index contributed by atoms with van der Waals surface area (Å²) in [5, 5.41) is 0. The number of piperidine rings is 1. The number of amides is 1. The first-order valence-corrected chi connectivity index (χ1v) is 10.8. The van der Waals surface area contributed by atoms with Gasteiger partial charge >= 0.3 is 0 Å². The lowest BCUT2D eigenvalue weighted by Gasteiger charge is -2.37. The molecule has 0 N–H and O–H groups in total. The van der Waals surface area contributed by atoms with E-state index in [1.165, 1.54) is 16.7 Å². The van der Waals surface area contributed by atoms with Gasteiger partial charge in [0, 0.05) is 13.0 Å². The molecule has 3 rings (SSSR count). The van der Waals surface area contributed by atoms with Crippen LogP contribution in [0.3, 0.4) is 0 Å². The fourth-order valence-corrected chi connectivity index (χ4v) is 5.95. The largest absolute Gasteiger partial charge is 0.336 e. The quantitative estimate of drug-likeness (QED) is 0.842. The summed E-state index contributed by atoms with van der Waals surface area (Å²) < 4.78 is 23.3. The van der Waals surface area contributed by atoms with Crippen molar-refractivity contribution >= 4 is 15.7 Å². The molecule has 2 fully saturated rings. The highest BCUT2D eigenvalue weighted by atomic mass is 32.2. The zero-order valence-corrected chi connectivity index (χ0v) is 15.4. The van der Waals surface area contributed by atoms with Crippen molar-refractivity contribution in [2.45, 2.75) is 52.0 Å². The second kappa shape index (κ2) is 6.87. The van der Waals surface area contributed by atoms with Crippen LogP contribution in [0.4, 0.5) is 0 Å². The summed E-state index contributed by atoms with van der Waals surface area (Å²) in [6.07, 6.45) is 4.19. The Bertz CT molecular complexity index is 726. The molecule has 2 heterocycles. The highest BCUT2D eigenvalue weighted by Gasteiger charge is 2.34. The Balaban J connectivity index is 1.77. The molecule has 0 spiro atoms. The van der Waals surface area contributed by atoms with Gasteiger partial charge in [0.1, 0.15) is 0 Å². The van der Waals surface area contributed by atoms with Crippen molar-refractivity contribution in [2.24, 2.45) is 5.92 Å². The van der Waals surface area contributed by atoms with E-state index in [1.807, 2.05) is 4.90 Å². The molecule has 1 aromatic carbocycles. The summed E-state index contributed by atoms with van der Waals surface area (Å²) in [7, 11) is -2.92. The van der Waals surface area contributed by atoms with Gasteiger partial charge in [-0.25, -0.2) is 8.42 Å². The molecule has 0 radical (unpaired) electrons. The van der Waals surface area contributed by atoms with Gasteiger partial charge < -0.3 is 4.90 Å². The standard InChI is InChI=1S/C19H27NO3S/c1-14-6-5-7-17(15(14)2)18-8-3-4-10-20(18)19(21)12-16-9-11-24(22,23)13-16/h5-7,16,18H,3-4,8-13H2,1-2H3/t16-,18+/m1/s1. The fraction of sp³-hybridized carbons (Fsp3) is 0.632. The van der Waals surface area contributed by atoms with Crippen LogP contribution in [-0.2, 0) is 14.6 Å². The van der Waals surface area contributed by atoms with Gasteiger partial charge in [0.15, 0.2) is 9.84 Å². The van der Waals surface area contributed by atoms with Gasteiger partial charge in [-0.3, -0.25) is 4.79 Å². The first kappa shape index (κ1) is 17.5. The summed E-state index contributed by atoms with van der Waals surface area (Å²) in [5.41, 5.74) is 3.78. The van der Waals surface area contributed by atoms with Crippen LogP contribution in [-0.4, -0.2) is 37.3 Å². The Morgan fingerprint density at radius 1 is 1.21 bits per heavy atom. The molecule has 2 atom stereocenters. The Kier molecular flexibility index (Phi) is 5.00. The van der Waals surface area contributed by atoms with E-state index in [0.717, 1.165) is 25.8 Å². The van der Waals surface area contributed by atoms with Crippen molar-refractivity contribution < 1.29 is 13.2 Å². The molecule has 0 aliphatic carbocycles. The van der Waals surface area contributed by atoms with Crippen molar-refractivity contribution in [3.05, 3.63) is 34.9 Å². The van der Waals surface area contributed by atoms with Crippen LogP contribution in [0.2, 0.25) is 0 Å². The summed E-state index contributed by atoms with van der Waals surface area (Å²) in [5.74, 6) is 0.554. The first-order chi connectivity index (χ1) is 11.4. The van der Waals surface area contributed by atoms with Gasteiger partial charge in [-0.05, 0) is 62.1 Å². The lowest BCUT2D eigenvalue weighted by Crippen LogP contribution is -2.39. The van der Waals surface area contributed by atoms with Gasteiger partial charge in [0.2, 0.25) is 5.91 Å². The van der Waals surface area contributed by atoms with Crippen LogP contribution in [0.5, 0.6) is 0 Å². The second-order valence-electron chi connectivity index (χ2n) is 7.36. The molecule has 2 aliphatic heterocycles. The van der Waals surface area contributed by atoms with Gasteiger partial charge in [0.05, 0.1) is 17.5 Å². The van der Waals surface area contributed by atoms with Crippen molar-refractivity contribution in [1.82, 2.24) is 4.90 Å². The minimum Gasteiger partial charge on any atom is -0.336 e. The first-order valence-electron chi connectivity index (χ1n) is 8.93. The number of hydrogen-bond acceptors (Lipinski definition) is 3. The Morgan fingerprint density at radius 2 is 2.00 bits per heavy atom. The van der Waals surface area contributed by atoms with Crippen LogP contribution in [0.1, 0.15) is 54.8 Å². The molecular weight excluding hydrogens is 322 g/mol. The molecule has 2 saturated heterocycles. The number of carbonyl (C=O) groups is 1. The molecular formula is C19H27NO3S. The summed E-state index contributed by atoms with van der Waals surface area (Å²) >= 11 is 0. The van der Waals surface area contributed by atoms with Crippen molar-refractivity contribution in [3.8, 4) is 0 Å². The Morgan fingerprint density at radius 3 is 2.71 bits per heavy atom. The minimum absolute atomic E-state index is 0.00341. The third kappa shape index (κ3) is 3.66. The highest BCUT2D eigenvalue weighted by Crippen LogP contribution is 2.35. The number of sulfone groups is 1. The highest BCUT2D eigenvalue weighted by molar-refractivity contribution is 7.91. The number of likely N-dealkylation sites (tertiary alicyclic amines) is 1. The van der Waals surface area contributed by atoms with Crippen LogP contribution < -0.4 is 0 Å². The van der Waals surface area contributed by atoms with Crippen LogP contribution in [0.25, 0.3) is 0 Å². The van der Waals surface area contributed by atoms with E-state index in [-0.39, 0.29) is 29.4 Å². The number of benzene rings is 1. The molecule has 5 heteroatoms. The van der Waals surface area contributed by atoms with Gasteiger partial charge in [-0.2, -0.15) is 0 Å². The maximum absolute atomic E-state index is 12.9. The summed E-state index contributed by atoms with van der Waals surface area (Å²) in [4.78, 5) is 14.9. The van der Waals surface area contributed by atoms with Gasteiger partial charge in [-0.1, -0.05) is 18.2 Å².